The lowest BCUT2D eigenvalue weighted by Gasteiger charge is -2.41. The van der Waals surface area contributed by atoms with E-state index in [-0.39, 0.29) is 29.7 Å². The zero-order valence-corrected chi connectivity index (χ0v) is 18.8. The number of nitrogens with zero attached hydrogens (tertiary/aromatic N) is 2. The Bertz CT molecular complexity index is 759. The van der Waals surface area contributed by atoms with Crippen molar-refractivity contribution in [3.05, 3.63) is 35.9 Å². The van der Waals surface area contributed by atoms with Crippen LogP contribution in [0.2, 0.25) is 0 Å². The van der Waals surface area contributed by atoms with E-state index in [1.54, 1.807) is 0 Å². The molecule has 2 heterocycles. The van der Waals surface area contributed by atoms with E-state index in [9.17, 15) is 14.4 Å². The molecule has 3 N–H and O–H groups in total. The van der Waals surface area contributed by atoms with E-state index in [4.69, 9.17) is 5.73 Å². The van der Waals surface area contributed by atoms with Gasteiger partial charge in [0.1, 0.15) is 6.04 Å². The normalized spacial score (nSPS) is 21.4. The van der Waals surface area contributed by atoms with Gasteiger partial charge < -0.3 is 20.9 Å². The molecule has 1 aromatic carbocycles. The standard InChI is InChI=1S/C24H36N4O3/c1-17(2)14-21(24(31)27-11-8-19(9-12-27)16-22(25)29)28-13-10-26-20(23(28)30)15-18-6-4-3-5-7-18/h3-7,17,19-21,26H,8-16H2,1-2H3,(H2,25,29)/t20-,21?/m0/s1. The maximum atomic E-state index is 13.5. The first kappa shape index (κ1) is 23.3. The lowest BCUT2D eigenvalue weighted by molar-refractivity contribution is -0.150. The Morgan fingerprint density at radius 2 is 1.81 bits per heavy atom. The van der Waals surface area contributed by atoms with Gasteiger partial charge in [0, 0.05) is 32.6 Å². The molecular weight excluding hydrogens is 392 g/mol. The summed E-state index contributed by atoms with van der Waals surface area (Å²) in [5.74, 6) is 0.328. The molecule has 0 aliphatic carbocycles. The average Bonchev–Trinajstić information content (AvgIpc) is 2.74. The predicted molar refractivity (Wildman–Crippen MR) is 120 cm³/mol. The van der Waals surface area contributed by atoms with Gasteiger partial charge in [-0.1, -0.05) is 44.2 Å². The summed E-state index contributed by atoms with van der Waals surface area (Å²) in [4.78, 5) is 41.7. The maximum Gasteiger partial charge on any atom is 0.245 e. The number of benzene rings is 1. The van der Waals surface area contributed by atoms with Gasteiger partial charge in [0.2, 0.25) is 17.7 Å². The molecule has 2 saturated heterocycles. The second-order valence-corrected chi connectivity index (χ2v) is 9.31. The molecule has 1 aromatic rings. The van der Waals surface area contributed by atoms with Gasteiger partial charge >= 0.3 is 0 Å². The molecule has 0 radical (unpaired) electrons. The highest BCUT2D eigenvalue weighted by molar-refractivity contribution is 5.90. The Morgan fingerprint density at radius 3 is 2.42 bits per heavy atom. The number of piperazine rings is 1. The molecule has 3 amide bonds. The minimum atomic E-state index is -0.430. The monoisotopic (exact) mass is 428 g/mol. The highest BCUT2D eigenvalue weighted by Crippen LogP contribution is 2.24. The quantitative estimate of drug-likeness (QED) is 0.657. The highest BCUT2D eigenvalue weighted by atomic mass is 16.2. The molecule has 2 atom stereocenters. The largest absolute Gasteiger partial charge is 0.370 e. The van der Waals surface area contributed by atoms with E-state index in [2.05, 4.69) is 19.2 Å². The summed E-state index contributed by atoms with van der Waals surface area (Å²) in [6, 6.07) is 9.25. The van der Waals surface area contributed by atoms with Crippen LogP contribution in [0.25, 0.3) is 0 Å². The van der Waals surface area contributed by atoms with Crippen molar-refractivity contribution >= 4 is 17.7 Å². The molecule has 1 unspecified atom stereocenters. The first-order valence-electron chi connectivity index (χ1n) is 11.5. The van der Waals surface area contributed by atoms with Crippen molar-refractivity contribution in [1.29, 1.82) is 0 Å². The van der Waals surface area contributed by atoms with Gasteiger partial charge in [-0.2, -0.15) is 0 Å². The van der Waals surface area contributed by atoms with Crippen molar-refractivity contribution in [3.63, 3.8) is 0 Å². The second kappa shape index (κ2) is 10.8. The van der Waals surface area contributed by atoms with Gasteiger partial charge in [-0.3, -0.25) is 14.4 Å². The van der Waals surface area contributed by atoms with E-state index in [1.807, 2.05) is 40.1 Å². The third-order valence-electron chi connectivity index (χ3n) is 6.38. The first-order chi connectivity index (χ1) is 14.8. The van der Waals surface area contributed by atoms with Crippen molar-refractivity contribution in [2.75, 3.05) is 26.2 Å². The molecule has 2 aliphatic rings. The van der Waals surface area contributed by atoms with Crippen molar-refractivity contribution in [2.45, 2.75) is 58.0 Å². The molecule has 7 nitrogen and oxygen atoms in total. The number of carbonyl (C=O) groups excluding carboxylic acids is 3. The summed E-state index contributed by atoms with van der Waals surface area (Å²) in [5.41, 5.74) is 6.44. The van der Waals surface area contributed by atoms with Crippen LogP contribution in [0.4, 0.5) is 0 Å². The zero-order chi connectivity index (χ0) is 22.4. The molecule has 0 bridgehead atoms. The lowest BCUT2D eigenvalue weighted by atomic mass is 9.92. The van der Waals surface area contributed by atoms with Crippen LogP contribution >= 0.6 is 0 Å². The van der Waals surface area contributed by atoms with Crippen molar-refractivity contribution in [3.8, 4) is 0 Å². The van der Waals surface area contributed by atoms with Gasteiger partial charge in [-0.25, -0.2) is 0 Å². The maximum absolute atomic E-state index is 13.5. The van der Waals surface area contributed by atoms with Gasteiger partial charge in [0.05, 0.1) is 6.04 Å². The fourth-order valence-corrected chi connectivity index (χ4v) is 4.74. The SMILES string of the molecule is CC(C)CC(C(=O)N1CCC(CC(N)=O)CC1)N1CCN[C@@H](Cc2ccccc2)C1=O. The average molecular weight is 429 g/mol. The van der Waals surface area contributed by atoms with Crippen molar-refractivity contribution < 1.29 is 14.4 Å². The molecule has 0 spiro atoms. The van der Waals surface area contributed by atoms with Gasteiger partial charge in [0.15, 0.2) is 0 Å². The van der Waals surface area contributed by atoms with E-state index >= 15 is 0 Å². The van der Waals surface area contributed by atoms with Crippen molar-refractivity contribution in [1.82, 2.24) is 15.1 Å². The molecular formula is C24H36N4O3. The van der Waals surface area contributed by atoms with E-state index in [1.165, 1.54) is 0 Å². The van der Waals surface area contributed by atoms with Gasteiger partial charge in [-0.05, 0) is 43.1 Å². The number of nitrogens with two attached hydrogens (primary N) is 1. The molecule has 2 aliphatic heterocycles. The minimum Gasteiger partial charge on any atom is -0.370 e. The first-order valence-corrected chi connectivity index (χ1v) is 11.5. The number of hydrogen-bond donors (Lipinski definition) is 2. The molecule has 3 rings (SSSR count). The molecule has 170 valence electrons. The minimum absolute atomic E-state index is 0.0118. The number of likely N-dealkylation sites (tertiary alicyclic amines) is 1. The van der Waals surface area contributed by atoms with Crippen LogP contribution in [0.3, 0.4) is 0 Å². The molecule has 31 heavy (non-hydrogen) atoms. The van der Waals surface area contributed by atoms with Crippen LogP contribution in [0.15, 0.2) is 30.3 Å². The Hall–Kier alpha value is -2.41. The Kier molecular flexibility index (Phi) is 8.07. The number of hydrogen-bond acceptors (Lipinski definition) is 4. The topological polar surface area (TPSA) is 95.7 Å². The van der Waals surface area contributed by atoms with Crippen LogP contribution in [-0.2, 0) is 20.8 Å². The highest BCUT2D eigenvalue weighted by Gasteiger charge is 2.39. The number of piperidine rings is 1. The molecule has 0 aromatic heterocycles. The van der Waals surface area contributed by atoms with Crippen LogP contribution in [-0.4, -0.2) is 65.8 Å². The predicted octanol–water partition coefficient (Wildman–Crippen LogP) is 1.56. The fraction of sp³-hybridized carbons (Fsp3) is 0.625. The van der Waals surface area contributed by atoms with E-state index in [0.29, 0.717) is 51.4 Å². The van der Waals surface area contributed by atoms with Gasteiger partial charge in [-0.15, -0.1) is 0 Å². The number of rotatable bonds is 8. The number of nitrogens with one attached hydrogen (secondary N) is 1. The summed E-state index contributed by atoms with van der Waals surface area (Å²) < 4.78 is 0. The summed E-state index contributed by atoms with van der Waals surface area (Å²) in [5, 5.41) is 3.34. The van der Waals surface area contributed by atoms with Crippen LogP contribution in [0, 0.1) is 11.8 Å². The van der Waals surface area contributed by atoms with Crippen molar-refractivity contribution in [2.24, 2.45) is 17.6 Å². The summed E-state index contributed by atoms with van der Waals surface area (Å²) in [7, 11) is 0. The van der Waals surface area contributed by atoms with Gasteiger partial charge in [0.25, 0.3) is 0 Å². The molecule has 2 fully saturated rings. The van der Waals surface area contributed by atoms with E-state index in [0.717, 1.165) is 18.4 Å². The third kappa shape index (κ3) is 6.29. The number of carbonyl (C=O) groups is 3. The van der Waals surface area contributed by atoms with Crippen LogP contribution in [0.5, 0.6) is 0 Å². The molecule has 0 saturated carbocycles. The van der Waals surface area contributed by atoms with E-state index < -0.39 is 6.04 Å². The fourth-order valence-electron chi connectivity index (χ4n) is 4.74. The van der Waals surface area contributed by atoms with Crippen LogP contribution in [0.1, 0.15) is 45.1 Å². The Labute approximate surface area is 185 Å². The zero-order valence-electron chi connectivity index (χ0n) is 18.8. The Morgan fingerprint density at radius 1 is 1.13 bits per heavy atom. The summed E-state index contributed by atoms with van der Waals surface area (Å²) >= 11 is 0. The third-order valence-corrected chi connectivity index (χ3v) is 6.38. The second-order valence-electron chi connectivity index (χ2n) is 9.31. The molecule has 7 heteroatoms. The Balaban J connectivity index is 1.68. The summed E-state index contributed by atoms with van der Waals surface area (Å²) in [6.07, 6.45) is 3.24. The summed E-state index contributed by atoms with van der Waals surface area (Å²) in [6.45, 7) is 6.66. The lowest BCUT2D eigenvalue weighted by Crippen LogP contribution is -2.62. The smallest absolute Gasteiger partial charge is 0.245 e. The number of amides is 3. The number of primary amides is 1. The van der Waals surface area contributed by atoms with Crippen LogP contribution < -0.4 is 11.1 Å².